The molecule has 1 N–H and O–H groups in total. The summed E-state index contributed by atoms with van der Waals surface area (Å²) in [5, 5.41) is 4.36. The standard InChI is InChI=1S/C20H28ClN3O4S/c1-13(2)28-9-5-8-24-19(26)16-7-6-15(21)10-17(16)23-20(24)29-12-18(25)22-14(3)11-27-4/h6-7,10,13-14H,5,8-9,11-12H2,1-4H3,(H,22,25). The van der Waals surface area contributed by atoms with E-state index in [1.807, 2.05) is 20.8 Å². The largest absolute Gasteiger partial charge is 0.383 e. The fourth-order valence-corrected chi connectivity index (χ4v) is 3.76. The van der Waals surface area contributed by atoms with Crippen LogP contribution in [0.25, 0.3) is 10.9 Å². The van der Waals surface area contributed by atoms with Crippen molar-refractivity contribution in [1.29, 1.82) is 0 Å². The van der Waals surface area contributed by atoms with Gasteiger partial charge in [-0.2, -0.15) is 0 Å². The van der Waals surface area contributed by atoms with E-state index in [1.165, 1.54) is 11.8 Å². The first-order valence-corrected chi connectivity index (χ1v) is 10.9. The molecule has 160 valence electrons. The molecule has 1 unspecified atom stereocenters. The van der Waals surface area contributed by atoms with Gasteiger partial charge in [0.15, 0.2) is 5.16 Å². The maximum atomic E-state index is 13.0. The van der Waals surface area contributed by atoms with Crippen molar-refractivity contribution >= 4 is 40.2 Å². The summed E-state index contributed by atoms with van der Waals surface area (Å²) in [6.45, 7) is 7.25. The number of aromatic nitrogens is 2. The Bertz CT molecular complexity index is 888. The first kappa shape index (κ1) is 23.7. The zero-order chi connectivity index (χ0) is 21.4. The van der Waals surface area contributed by atoms with Gasteiger partial charge in [0.05, 0.1) is 29.4 Å². The number of hydrogen-bond acceptors (Lipinski definition) is 6. The summed E-state index contributed by atoms with van der Waals surface area (Å²) in [6.07, 6.45) is 0.805. The van der Waals surface area contributed by atoms with Gasteiger partial charge < -0.3 is 14.8 Å². The lowest BCUT2D eigenvalue weighted by molar-refractivity contribution is -0.119. The second-order valence-corrected chi connectivity index (χ2v) is 8.38. The molecule has 0 bridgehead atoms. The smallest absolute Gasteiger partial charge is 0.262 e. The number of nitrogens with zero attached hydrogens (tertiary/aromatic N) is 2. The molecule has 0 fully saturated rings. The molecule has 0 aliphatic heterocycles. The Morgan fingerprint density at radius 2 is 2.10 bits per heavy atom. The van der Waals surface area contributed by atoms with E-state index in [-0.39, 0.29) is 29.4 Å². The van der Waals surface area contributed by atoms with Crippen molar-refractivity contribution in [2.24, 2.45) is 0 Å². The minimum Gasteiger partial charge on any atom is -0.383 e. The molecule has 9 heteroatoms. The van der Waals surface area contributed by atoms with Gasteiger partial charge in [0.1, 0.15) is 0 Å². The molecular weight excluding hydrogens is 414 g/mol. The first-order valence-electron chi connectivity index (χ1n) is 9.54. The number of amides is 1. The van der Waals surface area contributed by atoms with Crippen molar-refractivity contribution in [3.05, 3.63) is 33.6 Å². The number of carbonyl (C=O) groups excluding carboxylic acids is 1. The van der Waals surface area contributed by atoms with Crippen LogP contribution in [0.4, 0.5) is 0 Å². The number of ether oxygens (including phenoxy) is 2. The van der Waals surface area contributed by atoms with Crippen molar-refractivity contribution in [3.8, 4) is 0 Å². The van der Waals surface area contributed by atoms with E-state index in [4.69, 9.17) is 21.1 Å². The number of methoxy groups -OCH3 is 1. The fraction of sp³-hybridized carbons (Fsp3) is 0.550. The molecule has 2 rings (SSSR count). The van der Waals surface area contributed by atoms with Crippen LogP contribution < -0.4 is 10.9 Å². The molecule has 1 atom stereocenters. The molecule has 29 heavy (non-hydrogen) atoms. The Morgan fingerprint density at radius 3 is 2.79 bits per heavy atom. The number of hydrogen-bond donors (Lipinski definition) is 1. The molecule has 1 heterocycles. The van der Waals surface area contributed by atoms with Crippen LogP contribution in [0.15, 0.2) is 28.2 Å². The summed E-state index contributed by atoms with van der Waals surface area (Å²) >= 11 is 7.29. The Morgan fingerprint density at radius 1 is 1.34 bits per heavy atom. The quantitative estimate of drug-likeness (QED) is 0.328. The maximum absolute atomic E-state index is 13.0. The van der Waals surface area contributed by atoms with Gasteiger partial charge in [-0.05, 0) is 45.4 Å². The van der Waals surface area contributed by atoms with Crippen LogP contribution >= 0.6 is 23.4 Å². The highest BCUT2D eigenvalue weighted by atomic mass is 35.5. The molecule has 1 amide bonds. The molecule has 0 saturated heterocycles. The van der Waals surface area contributed by atoms with Gasteiger partial charge in [-0.25, -0.2) is 4.98 Å². The number of carbonyl (C=O) groups is 1. The summed E-state index contributed by atoms with van der Waals surface area (Å²) in [4.78, 5) is 29.8. The van der Waals surface area contributed by atoms with Crippen molar-refractivity contribution in [3.63, 3.8) is 0 Å². The Balaban J connectivity index is 2.21. The lowest BCUT2D eigenvalue weighted by atomic mass is 10.2. The maximum Gasteiger partial charge on any atom is 0.262 e. The Hall–Kier alpha value is -1.61. The molecule has 2 aromatic rings. The van der Waals surface area contributed by atoms with Crippen molar-refractivity contribution in [2.75, 3.05) is 26.1 Å². The summed E-state index contributed by atoms with van der Waals surface area (Å²) in [5.74, 6) is 0.00406. The molecule has 0 radical (unpaired) electrons. The predicted octanol–water partition coefficient (Wildman–Crippen LogP) is 3.11. The molecule has 0 spiro atoms. The Kier molecular flexibility index (Phi) is 9.42. The van der Waals surface area contributed by atoms with E-state index in [0.29, 0.717) is 47.3 Å². The van der Waals surface area contributed by atoms with Crippen LogP contribution in [0.2, 0.25) is 5.02 Å². The van der Waals surface area contributed by atoms with Gasteiger partial charge in [0.2, 0.25) is 5.91 Å². The average molecular weight is 442 g/mol. The lowest BCUT2D eigenvalue weighted by Gasteiger charge is -2.15. The van der Waals surface area contributed by atoms with Gasteiger partial charge in [0.25, 0.3) is 5.56 Å². The van der Waals surface area contributed by atoms with Crippen LogP contribution in [-0.4, -0.2) is 53.7 Å². The monoisotopic (exact) mass is 441 g/mol. The van der Waals surface area contributed by atoms with E-state index >= 15 is 0 Å². The van der Waals surface area contributed by atoms with Crippen LogP contribution in [0.3, 0.4) is 0 Å². The minimum absolute atomic E-state index is 0.0909. The van der Waals surface area contributed by atoms with Crippen LogP contribution in [-0.2, 0) is 20.8 Å². The molecule has 0 aliphatic rings. The van der Waals surface area contributed by atoms with Crippen LogP contribution in [0.5, 0.6) is 0 Å². The number of nitrogens with one attached hydrogen (secondary N) is 1. The third-order valence-electron chi connectivity index (χ3n) is 4.02. The molecular formula is C20H28ClN3O4S. The highest BCUT2D eigenvalue weighted by molar-refractivity contribution is 7.99. The number of benzene rings is 1. The molecule has 7 nitrogen and oxygen atoms in total. The van der Waals surface area contributed by atoms with Gasteiger partial charge in [-0.3, -0.25) is 14.2 Å². The molecule has 0 aliphatic carbocycles. The average Bonchev–Trinajstić information content (AvgIpc) is 2.64. The van der Waals surface area contributed by atoms with Crippen molar-refractivity contribution < 1.29 is 14.3 Å². The molecule has 1 aromatic heterocycles. The lowest BCUT2D eigenvalue weighted by Crippen LogP contribution is -2.36. The van der Waals surface area contributed by atoms with Crippen LogP contribution in [0.1, 0.15) is 27.2 Å². The predicted molar refractivity (Wildman–Crippen MR) is 117 cm³/mol. The van der Waals surface area contributed by atoms with Gasteiger partial charge in [-0.15, -0.1) is 0 Å². The summed E-state index contributed by atoms with van der Waals surface area (Å²) in [6, 6.07) is 4.93. The SMILES string of the molecule is COCC(C)NC(=O)CSc1nc2cc(Cl)ccc2c(=O)n1CCCOC(C)C. The Labute approximate surface area is 180 Å². The first-order chi connectivity index (χ1) is 13.8. The fourth-order valence-electron chi connectivity index (χ4n) is 2.76. The van der Waals surface area contributed by atoms with E-state index < -0.39 is 0 Å². The molecule has 1 aromatic carbocycles. The minimum atomic E-state index is -0.146. The van der Waals surface area contributed by atoms with Crippen molar-refractivity contribution in [1.82, 2.24) is 14.9 Å². The van der Waals surface area contributed by atoms with E-state index in [2.05, 4.69) is 10.3 Å². The van der Waals surface area contributed by atoms with Gasteiger partial charge >= 0.3 is 0 Å². The number of fused-ring (bicyclic) bond motifs is 1. The topological polar surface area (TPSA) is 82.5 Å². The summed E-state index contributed by atoms with van der Waals surface area (Å²) in [7, 11) is 1.59. The van der Waals surface area contributed by atoms with E-state index in [1.54, 1.807) is 29.9 Å². The second kappa shape index (κ2) is 11.5. The number of rotatable bonds is 11. The highest BCUT2D eigenvalue weighted by Crippen LogP contribution is 2.20. The number of thioether (sulfide) groups is 1. The van der Waals surface area contributed by atoms with Gasteiger partial charge in [-0.1, -0.05) is 23.4 Å². The normalized spacial score (nSPS) is 12.5. The summed E-state index contributed by atoms with van der Waals surface area (Å²) < 4.78 is 12.2. The highest BCUT2D eigenvalue weighted by Gasteiger charge is 2.15. The summed E-state index contributed by atoms with van der Waals surface area (Å²) in [5.41, 5.74) is 0.375. The number of halogens is 1. The third kappa shape index (κ3) is 7.29. The second-order valence-electron chi connectivity index (χ2n) is 7.00. The van der Waals surface area contributed by atoms with E-state index in [9.17, 15) is 9.59 Å². The van der Waals surface area contributed by atoms with E-state index in [0.717, 1.165) is 0 Å². The van der Waals surface area contributed by atoms with Crippen LogP contribution in [0, 0.1) is 0 Å². The zero-order valence-corrected chi connectivity index (χ0v) is 18.8. The van der Waals surface area contributed by atoms with Gasteiger partial charge in [0, 0.05) is 31.3 Å². The third-order valence-corrected chi connectivity index (χ3v) is 5.23. The molecule has 0 saturated carbocycles. The van der Waals surface area contributed by atoms with Crippen molar-refractivity contribution in [2.45, 2.75) is 51.0 Å². The zero-order valence-electron chi connectivity index (χ0n) is 17.2.